The molecule has 0 spiro atoms. The maximum absolute atomic E-state index is 6.44. The van der Waals surface area contributed by atoms with Crippen molar-refractivity contribution < 1.29 is 0 Å². The van der Waals surface area contributed by atoms with Gasteiger partial charge in [0, 0.05) is 37.4 Å². The number of likely N-dealkylation sites (tertiary alicyclic amines) is 1. The van der Waals surface area contributed by atoms with Crippen LogP contribution in [0.2, 0.25) is 0 Å². The largest absolute Gasteiger partial charge is 0.326 e. The Morgan fingerprint density at radius 1 is 1.50 bits per heavy atom. The summed E-state index contributed by atoms with van der Waals surface area (Å²) in [5, 5.41) is 4.34. The number of nitrogens with zero attached hydrogens (tertiary/aromatic N) is 4. The molecule has 20 heavy (non-hydrogen) atoms. The average Bonchev–Trinajstić information content (AvgIpc) is 2.99. The molecule has 0 bridgehead atoms. The van der Waals surface area contributed by atoms with Crippen molar-refractivity contribution in [2.45, 2.75) is 44.3 Å². The van der Waals surface area contributed by atoms with Gasteiger partial charge >= 0.3 is 0 Å². The van der Waals surface area contributed by atoms with Crippen molar-refractivity contribution in [2.75, 3.05) is 27.2 Å². The van der Waals surface area contributed by atoms with Crippen LogP contribution in [0.1, 0.15) is 37.8 Å². The zero-order chi connectivity index (χ0) is 14.7. The van der Waals surface area contributed by atoms with Crippen LogP contribution in [0.4, 0.5) is 0 Å². The summed E-state index contributed by atoms with van der Waals surface area (Å²) in [5.74, 6) is 0. The molecule has 0 aromatic carbocycles. The molecular weight excluding hydrogens is 250 g/mol. The van der Waals surface area contributed by atoms with Crippen molar-refractivity contribution in [3.05, 3.63) is 18.0 Å². The summed E-state index contributed by atoms with van der Waals surface area (Å²) >= 11 is 0. The number of likely N-dealkylation sites (N-methyl/N-ethyl adjacent to an activating group) is 1. The second-order valence-corrected chi connectivity index (χ2v) is 6.26. The van der Waals surface area contributed by atoms with E-state index in [-0.39, 0.29) is 6.04 Å². The average molecular weight is 279 g/mol. The van der Waals surface area contributed by atoms with Gasteiger partial charge in [-0.2, -0.15) is 5.10 Å². The zero-order valence-electron chi connectivity index (χ0n) is 13.3. The molecule has 1 aromatic heterocycles. The van der Waals surface area contributed by atoms with Gasteiger partial charge in [-0.25, -0.2) is 0 Å². The lowest BCUT2D eigenvalue weighted by atomic mass is 9.98. The number of aromatic nitrogens is 2. The van der Waals surface area contributed by atoms with Crippen LogP contribution in [0.3, 0.4) is 0 Å². The van der Waals surface area contributed by atoms with Crippen LogP contribution in [0.15, 0.2) is 12.4 Å². The Morgan fingerprint density at radius 2 is 2.25 bits per heavy atom. The van der Waals surface area contributed by atoms with Crippen LogP contribution >= 0.6 is 0 Å². The lowest BCUT2D eigenvalue weighted by molar-refractivity contribution is 0.132. The molecule has 1 aliphatic rings. The normalized spacial score (nSPS) is 23.4. The highest BCUT2D eigenvalue weighted by molar-refractivity contribution is 5.14. The van der Waals surface area contributed by atoms with Crippen LogP contribution in [0, 0.1) is 0 Å². The van der Waals surface area contributed by atoms with Crippen LogP contribution in [-0.2, 0) is 7.05 Å². The van der Waals surface area contributed by atoms with E-state index < -0.39 is 0 Å². The van der Waals surface area contributed by atoms with Gasteiger partial charge in [-0.15, -0.1) is 0 Å². The summed E-state index contributed by atoms with van der Waals surface area (Å²) in [6.45, 7) is 4.42. The fourth-order valence-electron chi connectivity index (χ4n) is 3.34. The molecular formula is C15H29N5. The predicted molar refractivity (Wildman–Crippen MR) is 82.5 cm³/mol. The van der Waals surface area contributed by atoms with E-state index in [1.165, 1.54) is 18.4 Å². The first-order valence-electron chi connectivity index (χ1n) is 7.67. The monoisotopic (exact) mass is 279 g/mol. The van der Waals surface area contributed by atoms with Crippen LogP contribution in [0.25, 0.3) is 0 Å². The van der Waals surface area contributed by atoms with Gasteiger partial charge < -0.3 is 10.6 Å². The van der Waals surface area contributed by atoms with E-state index in [0.717, 1.165) is 19.5 Å². The van der Waals surface area contributed by atoms with E-state index in [2.05, 4.69) is 42.1 Å². The Kier molecular flexibility index (Phi) is 5.18. The Hall–Kier alpha value is -0.910. The molecule has 1 saturated heterocycles. The van der Waals surface area contributed by atoms with E-state index in [9.17, 15) is 0 Å². The Bertz CT molecular complexity index is 414. The highest BCUT2D eigenvalue weighted by Gasteiger charge is 2.35. The summed E-state index contributed by atoms with van der Waals surface area (Å²) in [5.41, 5.74) is 7.70. The minimum atomic E-state index is 0.168. The first-order chi connectivity index (χ1) is 9.52. The van der Waals surface area contributed by atoms with E-state index in [4.69, 9.17) is 5.73 Å². The molecule has 114 valence electrons. The lowest BCUT2D eigenvalue weighted by Crippen LogP contribution is -2.46. The molecule has 0 aliphatic carbocycles. The van der Waals surface area contributed by atoms with E-state index in [1.807, 2.05) is 17.9 Å². The Morgan fingerprint density at radius 3 is 2.80 bits per heavy atom. The molecule has 1 aliphatic heterocycles. The molecule has 0 radical (unpaired) electrons. The fourth-order valence-corrected chi connectivity index (χ4v) is 3.34. The van der Waals surface area contributed by atoms with Crippen LogP contribution in [0.5, 0.6) is 0 Å². The SMILES string of the molecule is CCC(N)C(c1cnn(C)c1)N1CCCC1CN(C)C. The third-order valence-electron chi connectivity index (χ3n) is 4.30. The molecule has 0 amide bonds. The molecule has 1 aromatic rings. The molecule has 0 saturated carbocycles. The predicted octanol–water partition coefficient (Wildman–Crippen LogP) is 1.22. The number of rotatable bonds is 6. The topological polar surface area (TPSA) is 50.3 Å². The zero-order valence-corrected chi connectivity index (χ0v) is 13.3. The van der Waals surface area contributed by atoms with Crippen molar-refractivity contribution in [1.29, 1.82) is 0 Å². The first-order valence-corrected chi connectivity index (χ1v) is 7.67. The number of aryl methyl sites for hydroxylation is 1. The molecule has 1 fully saturated rings. The smallest absolute Gasteiger partial charge is 0.0538 e. The lowest BCUT2D eigenvalue weighted by Gasteiger charge is -2.37. The highest BCUT2D eigenvalue weighted by atomic mass is 15.3. The quantitative estimate of drug-likeness (QED) is 0.851. The minimum absolute atomic E-state index is 0.168. The summed E-state index contributed by atoms with van der Waals surface area (Å²) in [6.07, 6.45) is 7.62. The summed E-state index contributed by atoms with van der Waals surface area (Å²) < 4.78 is 1.88. The Labute approximate surface area is 122 Å². The number of nitrogens with two attached hydrogens (primary N) is 1. The molecule has 5 heteroatoms. The van der Waals surface area contributed by atoms with Crippen molar-refractivity contribution in [3.8, 4) is 0 Å². The van der Waals surface area contributed by atoms with Gasteiger partial charge in [-0.1, -0.05) is 6.92 Å². The number of hydrogen-bond donors (Lipinski definition) is 1. The molecule has 5 nitrogen and oxygen atoms in total. The minimum Gasteiger partial charge on any atom is -0.326 e. The summed E-state index contributed by atoms with van der Waals surface area (Å²) in [7, 11) is 6.27. The molecule has 2 N–H and O–H groups in total. The van der Waals surface area contributed by atoms with Gasteiger partial charge in [-0.05, 0) is 39.9 Å². The van der Waals surface area contributed by atoms with Crippen LogP contribution in [-0.4, -0.2) is 58.8 Å². The second kappa shape index (κ2) is 6.70. The van der Waals surface area contributed by atoms with Gasteiger partial charge in [0.25, 0.3) is 0 Å². The maximum atomic E-state index is 6.44. The summed E-state index contributed by atoms with van der Waals surface area (Å²) in [6, 6.07) is 1.07. The van der Waals surface area contributed by atoms with Gasteiger partial charge in [0.05, 0.1) is 12.2 Å². The third kappa shape index (κ3) is 3.40. The second-order valence-electron chi connectivity index (χ2n) is 6.26. The van der Waals surface area contributed by atoms with Crippen molar-refractivity contribution in [3.63, 3.8) is 0 Å². The van der Waals surface area contributed by atoms with Crippen molar-refractivity contribution in [1.82, 2.24) is 19.6 Å². The van der Waals surface area contributed by atoms with Gasteiger partial charge in [0.2, 0.25) is 0 Å². The van der Waals surface area contributed by atoms with E-state index >= 15 is 0 Å². The van der Waals surface area contributed by atoms with E-state index in [1.54, 1.807) is 0 Å². The van der Waals surface area contributed by atoms with Gasteiger partial charge in [-0.3, -0.25) is 9.58 Å². The molecule has 2 heterocycles. The fraction of sp³-hybridized carbons (Fsp3) is 0.800. The Balaban J connectivity index is 2.21. The van der Waals surface area contributed by atoms with Gasteiger partial charge in [0.15, 0.2) is 0 Å². The molecule has 3 unspecified atom stereocenters. The van der Waals surface area contributed by atoms with E-state index in [0.29, 0.717) is 12.1 Å². The van der Waals surface area contributed by atoms with Crippen molar-refractivity contribution in [2.24, 2.45) is 12.8 Å². The highest BCUT2D eigenvalue weighted by Crippen LogP contribution is 2.32. The van der Waals surface area contributed by atoms with Gasteiger partial charge in [0.1, 0.15) is 0 Å². The maximum Gasteiger partial charge on any atom is 0.0538 e. The first kappa shape index (κ1) is 15.5. The third-order valence-corrected chi connectivity index (χ3v) is 4.30. The standard InChI is InChI=1S/C15H29N5/c1-5-14(16)15(12-9-17-19(4)10-12)20-8-6-7-13(20)11-18(2)3/h9-10,13-15H,5-8,11,16H2,1-4H3. The summed E-state index contributed by atoms with van der Waals surface area (Å²) in [4.78, 5) is 4.88. The molecule has 2 rings (SSSR count). The van der Waals surface area contributed by atoms with Crippen molar-refractivity contribution >= 4 is 0 Å². The number of hydrogen-bond acceptors (Lipinski definition) is 4. The van der Waals surface area contributed by atoms with Crippen LogP contribution < -0.4 is 5.73 Å². The molecule has 3 atom stereocenters.